The number of hydrogen-bond acceptors (Lipinski definition) is 4. The van der Waals surface area contributed by atoms with Gasteiger partial charge in [0.1, 0.15) is 6.61 Å². The van der Waals surface area contributed by atoms with E-state index in [2.05, 4.69) is 0 Å². The van der Waals surface area contributed by atoms with Crippen LogP contribution in [0.5, 0.6) is 0 Å². The van der Waals surface area contributed by atoms with Gasteiger partial charge >= 0.3 is 0 Å². The first-order valence-corrected chi connectivity index (χ1v) is 7.48. The van der Waals surface area contributed by atoms with E-state index in [0.29, 0.717) is 32.8 Å². The van der Waals surface area contributed by atoms with Crippen LogP contribution in [0.3, 0.4) is 0 Å². The number of rotatable bonds is 2. The van der Waals surface area contributed by atoms with Crippen molar-refractivity contribution in [3.05, 3.63) is 0 Å². The fourth-order valence-electron chi connectivity index (χ4n) is 3.46. The molecule has 20 heavy (non-hydrogen) atoms. The Kier molecular flexibility index (Phi) is 3.94. The molecule has 0 saturated carbocycles. The molecule has 0 radical (unpaired) electrons. The molecule has 3 aliphatic rings. The first-order chi connectivity index (χ1) is 9.70. The summed E-state index contributed by atoms with van der Waals surface area (Å²) in [5.74, 6) is 0.318. The lowest BCUT2D eigenvalue weighted by atomic mass is 9.99. The Hall–Kier alpha value is -1.14. The number of fused-ring (bicyclic) bond motifs is 1. The fraction of sp³-hybridized carbons (Fsp3) is 0.857. The normalized spacial score (nSPS) is 31.6. The van der Waals surface area contributed by atoms with E-state index in [4.69, 9.17) is 9.47 Å². The maximum Gasteiger partial charge on any atom is 0.248 e. The first-order valence-electron chi connectivity index (χ1n) is 7.48. The molecule has 0 aliphatic carbocycles. The molecule has 6 nitrogen and oxygen atoms in total. The van der Waals surface area contributed by atoms with Crippen molar-refractivity contribution >= 4 is 11.8 Å². The van der Waals surface area contributed by atoms with Crippen molar-refractivity contribution in [2.24, 2.45) is 5.92 Å². The molecule has 3 fully saturated rings. The van der Waals surface area contributed by atoms with E-state index < -0.39 is 0 Å². The Balaban J connectivity index is 1.66. The van der Waals surface area contributed by atoms with Crippen molar-refractivity contribution < 1.29 is 19.1 Å². The lowest BCUT2D eigenvalue weighted by Crippen LogP contribution is -2.53. The Bertz CT molecular complexity index is 395. The van der Waals surface area contributed by atoms with Crippen LogP contribution in [-0.4, -0.2) is 73.2 Å². The highest BCUT2D eigenvalue weighted by Gasteiger charge is 2.44. The number of hydrogen-bond donors (Lipinski definition) is 0. The number of likely N-dealkylation sites (tertiary alicyclic amines) is 1. The third-order valence-corrected chi connectivity index (χ3v) is 4.60. The summed E-state index contributed by atoms with van der Waals surface area (Å²) in [5.41, 5.74) is 0. The van der Waals surface area contributed by atoms with E-state index in [-0.39, 0.29) is 36.5 Å². The molecule has 2 amide bonds. The zero-order chi connectivity index (χ0) is 14.1. The average molecular weight is 282 g/mol. The predicted molar refractivity (Wildman–Crippen MR) is 71.0 cm³/mol. The van der Waals surface area contributed by atoms with Gasteiger partial charge in [-0.25, -0.2) is 0 Å². The molecule has 0 spiro atoms. The molecule has 0 aromatic carbocycles. The first kappa shape index (κ1) is 13.8. The molecule has 0 bridgehead atoms. The highest BCUT2D eigenvalue weighted by atomic mass is 16.5. The van der Waals surface area contributed by atoms with Gasteiger partial charge in [-0.15, -0.1) is 0 Å². The minimum absolute atomic E-state index is 0.0172. The smallest absolute Gasteiger partial charge is 0.248 e. The second-order valence-electron chi connectivity index (χ2n) is 5.73. The van der Waals surface area contributed by atoms with Gasteiger partial charge in [0, 0.05) is 38.8 Å². The molecule has 3 aliphatic heterocycles. The predicted octanol–water partition coefficient (Wildman–Crippen LogP) is -0.129. The Morgan fingerprint density at radius 3 is 2.75 bits per heavy atom. The van der Waals surface area contributed by atoms with Crippen LogP contribution in [0.2, 0.25) is 0 Å². The van der Waals surface area contributed by atoms with E-state index in [9.17, 15) is 9.59 Å². The van der Waals surface area contributed by atoms with Crippen LogP contribution in [-0.2, 0) is 19.1 Å². The zero-order valence-electron chi connectivity index (χ0n) is 11.9. The highest BCUT2D eigenvalue weighted by molar-refractivity contribution is 5.81. The van der Waals surface area contributed by atoms with Crippen molar-refractivity contribution in [3.63, 3.8) is 0 Å². The van der Waals surface area contributed by atoms with Gasteiger partial charge in [0.2, 0.25) is 11.8 Å². The number of nitrogens with zero attached hydrogens (tertiary/aromatic N) is 2. The van der Waals surface area contributed by atoms with Crippen LogP contribution in [0.1, 0.15) is 19.8 Å². The molecule has 6 heteroatoms. The molecular formula is C14H22N2O4. The quantitative estimate of drug-likeness (QED) is 0.708. The van der Waals surface area contributed by atoms with Crippen molar-refractivity contribution in [2.45, 2.75) is 31.9 Å². The fourth-order valence-corrected chi connectivity index (χ4v) is 3.46. The SMILES string of the molecule is CCN1C(=O)CO[C@H]2CN(C(=O)C3CCOCC3)C[C@@H]21. The minimum atomic E-state index is -0.0172. The lowest BCUT2D eigenvalue weighted by molar-refractivity contribution is -0.152. The maximum atomic E-state index is 12.5. The second kappa shape index (κ2) is 5.69. The van der Waals surface area contributed by atoms with Crippen molar-refractivity contribution in [2.75, 3.05) is 39.5 Å². The number of ether oxygens (including phenoxy) is 2. The molecule has 3 heterocycles. The molecule has 0 aromatic heterocycles. The van der Waals surface area contributed by atoms with Gasteiger partial charge in [-0.1, -0.05) is 0 Å². The van der Waals surface area contributed by atoms with Gasteiger partial charge in [-0.3, -0.25) is 9.59 Å². The van der Waals surface area contributed by atoms with E-state index in [1.165, 1.54) is 0 Å². The number of morpholine rings is 1. The minimum Gasteiger partial charge on any atom is -0.381 e. The zero-order valence-corrected chi connectivity index (χ0v) is 11.9. The summed E-state index contributed by atoms with van der Waals surface area (Å²) in [7, 11) is 0. The van der Waals surface area contributed by atoms with Gasteiger partial charge < -0.3 is 19.3 Å². The van der Waals surface area contributed by atoms with Gasteiger partial charge in [0.25, 0.3) is 0 Å². The van der Waals surface area contributed by atoms with E-state index in [0.717, 1.165) is 12.8 Å². The molecule has 0 unspecified atom stereocenters. The Morgan fingerprint density at radius 2 is 2.05 bits per heavy atom. The molecule has 0 N–H and O–H groups in total. The van der Waals surface area contributed by atoms with Gasteiger partial charge in [0.05, 0.1) is 12.1 Å². The van der Waals surface area contributed by atoms with Gasteiger partial charge in [0.15, 0.2) is 0 Å². The van der Waals surface area contributed by atoms with Crippen LogP contribution in [0.4, 0.5) is 0 Å². The molecule has 3 saturated heterocycles. The Morgan fingerprint density at radius 1 is 1.30 bits per heavy atom. The van der Waals surface area contributed by atoms with Crippen LogP contribution in [0.25, 0.3) is 0 Å². The van der Waals surface area contributed by atoms with E-state index in [1.807, 2.05) is 16.7 Å². The van der Waals surface area contributed by atoms with E-state index in [1.54, 1.807) is 0 Å². The van der Waals surface area contributed by atoms with Crippen LogP contribution in [0.15, 0.2) is 0 Å². The molecule has 3 rings (SSSR count). The molecular weight excluding hydrogens is 260 g/mol. The number of amides is 2. The summed E-state index contributed by atoms with van der Waals surface area (Å²) < 4.78 is 10.9. The summed E-state index contributed by atoms with van der Waals surface area (Å²) in [6, 6.07) is 0.0324. The maximum absolute atomic E-state index is 12.5. The average Bonchev–Trinajstić information content (AvgIpc) is 2.91. The van der Waals surface area contributed by atoms with Gasteiger partial charge in [-0.05, 0) is 19.8 Å². The van der Waals surface area contributed by atoms with Gasteiger partial charge in [-0.2, -0.15) is 0 Å². The monoisotopic (exact) mass is 282 g/mol. The van der Waals surface area contributed by atoms with Crippen molar-refractivity contribution in [1.29, 1.82) is 0 Å². The third kappa shape index (κ3) is 2.42. The highest BCUT2D eigenvalue weighted by Crippen LogP contribution is 2.26. The van der Waals surface area contributed by atoms with Crippen LogP contribution < -0.4 is 0 Å². The largest absolute Gasteiger partial charge is 0.381 e. The van der Waals surface area contributed by atoms with Crippen LogP contribution >= 0.6 is 0 Å². The van der Waals surface area contributed by atoms with Crippen molar-refractivity contribution in [1.82, 2.24) is 9.80 Å². The topological polar surface area (TPSA) is 59.1 Å². The summed E-state index contributed by atoms with van der Waals surface area (Å²) in [5, 5.41) is 0. The van der Waals surface area contributed by atoms with Crippen LogP contribution in [0, 0.1) is 5.92 Å². The number of carbonyl (C=O) groups is 2. The molecule has 0 aromatic rings. The lowest BCUT2D eigenvalue weighted by Gasteiger charge is -2.35. The number of carbonyl (C=O) groups excluding carboxylic acids is 2. The molecule has 2 atom stereocenters. The summed E-state index contributed by atoms with van der Waals surface area (Å²) in [6.45, 7) is 5.38. The number of likely N-dealkylation sites (N-methyl/N-ethyl adjacent to an activating group) is 1. The summed E-state index contributed by atoms with van der Waals surface area (Å²) in [4.78, 5) is 28.1. The Labute approximate surface area is 119 Å². The summed E-state index contributed by atoms with van der Waals surface area (Å²) >= 11 is 0. The second-order valence-corrected chi connectivity index (χ2v) is 5.73. The van der Waals surface area contributed by atoms with Crippen molar-refractivity contribution in [3.8, 4) is 0 Å². The molecule has 112 valence electrons. The summed E-state index contributed by atoms with van der Waals surface area (Å²) in [6.07, 6.45) is 1.60. The third-order valence-electron chi connectivity index (χ3n) is 4.60. The standard InChI is InChI=1S/C14H22N2O4/c1-2-16-11-7-15(8-12(11)20-9-13(16)17)14(18)10-3-5-19-6-4-10/h10-12H,2-9H2,1H3/t11-,12-/m0/s1. The van der Waals surface area contributed by atoms with E-state index >= 15 is 0 Å².